The van der Waals surface area contributed by atoms with E-state index in [-0.39, 0.29) is 5.69 Å². The van der Waals surface area contributed by atoms with E-state index in [0.717, 1.165) is 25.1 Å². The molecule has 2 rings (SSSR count). The molecule has 0 spiro atoms. The van der Waals surface area contributed by atoms with Gasteiger partial charge >= 0.3 is 5.69 Å². The molecule has 0 aliphatic carbocycles. The third kappa shape index (κ3) is 2.91. The van der Waals surface area contributed by atoms with Crippen LogP contribution in [0.3, 0.4) is 0 Å². The van der Waals surface area contributed by atoms with E-state index >= 15 is 0 Å². The predicted molar refractivity (Wildman–Crippen MR) is 65.1 cm³/mol. The van der Waals surface area contributed by atoms with Gasteiger partial charge in [-0.3, -0.25) is 10.1 Å². The van der Waals surface area contributed by atoms with Crippen molar-refractivity contribution in [3.05, 3.63) is 27.9 Å². The molecule has 1 aliphatic heterocycles. The van der Waals surface area contributed by atoms with E-state index in [9.17, 15) is 10.1 Å². The summed E-state index contributed by atoms with van der Waals surface area (Å²) in [6.07, 6.45) is 2.27. The Bertz CT molecular complexity index is 416. The van der Waals surface area contributed by atoms with Gasteiger partial charge in [-0.2, -0.15) is 0 Å². The highest BCUT2D eigenvalue weighted by molar-refractivity contribution is 5.56. The normalized spacial score (nSPS) is 19.2. The van der Waals surface area contributed by atoms with Gasteiger partial charge in [0.2, 0.25) is 5.82 Å². The molecule has 6 heteroatoms. The van der Waals surface area contributed by atoms with Crippen LogP contribution in [0.2, 0.25) is 0 Å². The molecule has 0 saturated carbocycles. The summed E-state index contributed by atoms with van der Waals surface area (Å²) in [6.45, 7) is 3.52. The van der Waals surface area contributed by atoms with Crippen molar-refractivity contribution in [2.45, 2.75) is 25.8 Å². The molecule has 17 heavy (non-hydrogen) atoms. The molecule has 6 nitrogen and oxygen atoms in total. The number of hydrogen-bond acceptors (Lipinski definition) is 5. The van der Waals surface area contributed by atoms with E-state index in [1.54, 1.807) is 6.07 Å². The van der Waals surface area contributed by atoms with Crippen LogP contribution in [0, 0.1) is 17.0 Å². The number of nitrogens with one attached hydrogen (secondary N) is 2. The van der Waals surface area contributed by atoms with Crippen LogP contribution in [-0.2, 0) is 0 Å². The SMILES string of the molecule is Cc1ccc([N+](=O)[O-])c(NCC2CCCN2)n1. The second-order valence-corrected chi connectivity index (χ2v) is 4.25. The molecule has 92 valence electrons. The van der Waals surface area contributed by atoms with Crippen molar-refractivity contribution in [1.29, 1.82) is 0 Å². The number of hydrogen-bond donors (Lipinski definition) is 2. The molecule has 1 aromatic rings. The zero-order chi connectivity index (χ0) is 12.3. The van der Waals surface area contributed by atoms with Crippen LogP contribution >= 0.6 is 0 Å². The third-order valence-electron chi connectivity index (χ3n) is 2.89. The Labute approximate surface area is 99.6 Å². The van der Waals surface area contributed by atoms with Crippen molar-refractivity contribution < 1.29 is 4.92 Å². The molecule has 2 N–H and O–H groups in total. The van der Waals surface area contributed by atoms with E-state index in [0.29, 0.717) is 18.4 Å². The van der Waals surface area contributed by atoms with Crippen molar-refractivity contribution in [2.75, 3.05) is 18.4 Å². The maximum absolute atomic E-state index is 10.8. The summed E-state index contributed by atoms with van der Waals surface area (Å²) in [4.78, 5) is 14.6. The highest BCUT2D eigenvalue weighted by atomic mass is 16.6. The fourth-order valence-electron chi connectivity index (χ4n) is 1.98. The Morgan fingerprint density at radius 1 is 1.65 bits per heavy atom. The largest absolute Gasteiger partial charge is 0.363 e. The fourth-order valence-corrected chi connectivity index (χ4v) is 1.98. The van der Waals surface area contributed by atoms with Crippen LogP contribution in [0.5, 0.6) is 0 Å². The minimum atomic E-state index is -0.406. The van der Waals surface area contributed by atoms with Crippen LogP contribution in [0.25, 0.3) is 0 Å². The van der Waals surface area contributed by atoms with Gasteiger partial charge in [0.05, 0.1) is 4.92 Å². The molecule has 0 bridgehead atoms. The summed E-state index contributed by atoms with van der Waals surface area (Å²) in [7, 11) is 0. The van der Waals surface area contributed by atoms with Crippen LogP contribution in [0.4, 0.5) is 11.5 Å². The Hall–Kier alpha value is -1.69. The Morgan fingerprint density at radius 3 is 3.12 bits per heavy atom. The van der Waals surface area contributed by atoms with Gasteiger partial charge in [-0.25, -0.2) is 4.98 Å². The first kappa shape index (κ1) is 11.8. The number of rotatable bonds is 4. The highest BCUT2D eigenvalue weighted by Gasteiger charge is 2.18. The summed E-state index contributed by atoms with van der Waals surface area (Å²) >= 11 is 0. The smallest absolute Gasteiger partial charge is 0.311 e. The molecular weight excluding hydrogens is 220 g/mol. The van der Waals surface area contributed by atoms with Gasteiger partial charge < -0.3 is 10.6 Å². The van der Waals surface area contributed by atoms with Gasteiger partial charge in [0.25, 0.3) is 0 Å². The molecule has 1 aliphatic rings. The number of aromatic nitrogens is 1. The summed E-state index contributed by atoms with van der Waals surface area (Å²) < 4.78 is 0. The van der Waals surface area contributed by atoms with Gasteiger partial charge in [-0.15, -0.1) is 0 Å². The zero-order valence-electron chi connectivity index (χ0n) is 9.77. The molecule has 1 atom stereocenters. The van der Waals surface area contributed by atoms with Crippen LogP contribution in [0.15, 0.2) is 12.1 Å². The number of anilines is 1. The van der Waals surface area contributed by atoms with Crippen molar-refractivity contribution in [3.63, 3.8) is 0 Å². The molecule has 2 heterocycles. The van der Waals surface area contributed by atoms with E-state index in [1.165, 1.54) is 6.07 Å². The Balaban J connectivity index is 2.07. The lowest BCUT2D eigenvalue weighted by Crippen LogP contribution is -2.29. The minimum absolute atomic E-state index is 0.0357. The summed E-state index contributed by atoms with van der Waals surface area (Å²) in [5.41, 5.74) is 0.811. The van der Waals surface area contributed by atoms with Crippen LogP contribution in [-0.4, -0.2) is 29.0 Å². The van der Waals surface area contributed by atoms with E-state index in [1.807, 2.05) is 6.92 Å². The average molecular weight is 236 g/mol. The molecule has 1 fully saturated rings. The lowest BCUT2D eigenvalue weighted by atomic mass is 10.2. The van der Waals surface area contributed by atoms with Gasteiger partial charge in [-0.05, 0) is 32.4 Å². The quantitative estimate of drug-likeness (QED) is 0.611. The van der Waals surface area contributed by atoms with Crippen LogP contribution < -0.4 is 10.6 Å². The molecule has 0 radical (unpaired) electrons. The van der Waals surface area contributed by atoms with Gasteiger partial charge in [-0.1, -0.05) is 0 Å². The number of pyridine rings is 1. The monoisotopic (exact) mass is 236 g/mol. The van der Waals surface area contributed by atoms with E-state index in [2.05, 4.69) is 15.6 Å². The lowest BCUT2D eigenvalue weighted by Gasteiger charge is -2.12. The first-order valence-electron chi connectivity index (χ1n) is 5.76. The third-order valence-corrected chi connectivity index (χ3v) is 2.89. The zero-order valence-corrected chi connectivity index (χ0v) is 9.77. The first-order valence-corrected chi connectivity index (χ1v) is 5.76. The number of nitrogens with zero attached hydrogens (tertiary/aromatic N) is 2. The molecule has 1 unspecified atom stereocenters. The summed E-state index contributed by atoms with van der Waals surface area (Å²) in [5, 5.41) is 17.2. The number of aryl methyl sites for hydroxylation is 1. The second-order valence-electron chi connectivity index (χ2n) is 4.25. The van der Waals surface area contributed by atoms with Gasteiger partial charge in [0, 0.05) is 24.3 Å². The second kappa shape index (κ2) is 5.09. The first-order chi connectivity index (χ1) is 8.16. The standard InChI is InChI=1S/C11H16N4O2/c1-8-4-5-10(15(16)17)11(14-8)13-7-9-3-2-6-12-9/h4-5,9,12H,2-3,6-7H2,1H3,(H,13,14). The van der Waals surface area contributed by atoms with Crippen molar-refractivity contribution in [3.8, 4) is 0 Å². The van der Waals surface area contributed by atoms with Crippen molar-refractivity contribution in [1.82, 2.24) is 10.3 Å². The Kier molecular flexibility index (Phi) is 3.53. The Morgan fingerprint density at radius 2 is 2.47 bits per heavy atom. The predicted octanol–water partition coefficient (Wildman–Crippen LogP) is 1.46. The average Bonchev–Trinajstić information content (AvgIpc) is 2.78. The highest BCUT2D eigenvalue weighted by Crippen LogP contribution is 2.22. The molecule has 0 amide bonds. The molecule has 0 aromatic carbocycles. The van der Waals surface area contributed by atoms with E-state index in [4.69, 9.17) is 0 Å². The van der Waals surface area contributed by atoms with Crippen LogP contribution in [0.1, 0.15) is 18.5 Å². The van der Waals surface area contributed by atoms with Crippen molar-refractivity contribution >= 4 is 11.5 Å². The van der Waals surface area contributed by atoms with E-state index < -0.39 is 4.92 Å². The maximum Gasteiger partial charge on any atom is 0.311 e. The topological polar surface area (TPSA) is 80.1 Å². The lowest BCUT2D eigenvalue weighted by molar-refractivity contribution is -0.384. The maximum atomic E-state index is 10.8. The summed E-state index contributed by atoms with van der Waals surface area (Å²) in [6, 6.07) is 3.53. The van der Waals surface area contributed by atoms with Gasteiger partial charge in [0.15, 0.2) is 0 Å². The molecule has 1 saturated heterocycles. The van der Waals surface area contributed by atoms with Crippen molar-refractivity contribution in [2.24, 2.45) is 0 Å². The van der Waals surface area contributed by atoms with Gasteiger partial charge in [0.1, 0.15) is 0 Å². The minimum Gasteiger partial charge on any atom is -0.363 e. The summed E-state index contributed by atoms with van der Waals surface area (Å²) in [5.74, 6) is 0.365. The molecule has 1 aromatic heterocycles. The number of nitro groups is 1. The molecular formula is C11H16N4O2. The fraction of sp³-hybridized carbons (Fsp3) is 0.545.